The summed E-state index contributed by atoms with van der Waals surface area (Å²) in [6.07, 6.45) is 0. The Morgan fingerprint density at radius 2 is 1.94 bits per heavy atom. The molecule has 0 amide bonds. The third kappa shape index (κ3) is 1.60. The zero-order chi connectivity index (χ0) is 11.5. The summed E-state index contributed by atoms with van der Waals surface area (Å²) in [5, 5.41) is 10.3. The lowest BCUT2D eigenvalue weighted by Crippen LogP contribution is -2.32. The van der Waals surface area contributed by atoms with Gasteiger partial charge in [0.15, 0.2) is 5.69 Å². The van der Waals surface area contributed by atoms with E-state index in [0.29, 0.717) is 5.56 Å². The Morgan fingerprint density at radius 1 is 1.25 bits per heavy atom. The van der Waals surface area contributed by atoms with Crippen LogP contribution in [0.3, 0.4) is 0 Å². The molecule has 2 aromatic rings. The molecule has 0 atom stereocenters. The van der Waals surface area contributed by atoms with Crippen LogP contribution < -0.4 is 16.7 Å². The third-order valence-electron chi connectivity index (χ3n) is 2.17. The first kappa shape index (κ1) is 10.2. The second kappa shape index (κ2) is 4.01. The summed E-state index contributed by atoms with van der Waals surface area (Å²) in [6.45, 7) is 0. The first-order valence-corrected chi connectivity index (χ1v) is 4.72. The van der Waals surface area contributed by atoms with E-state index in [1.165, 1.54) is 0 Å². The lowest BCUT2D eigenvalue weighted by Gasteiger charge is -2.06. The van der Waals surface area contributed by atoms with Gasteiger partial charge < -0.3 is 11.2 Å². The molecule has 1 aromatic heterocycles. The van der Waals surface area contributed by atoms with Gasteiger partial charge in [0.1, 0.15) is 0 Å². The van der Waals surface area contributed by atoms with Crippen LogP contribution in [-0.4, -0.2) is 21.9 Å². The van der Waals surface area contributed by atoms with E-state index in [2.05, 4.69) is 15.5 Å². The summed E-state index contributed by atoms with van der Waals surface area (Å²) in [5.41, 5.74) is 0.550. The van der Waals surface area contributed by atoms with Gasteiger partial charge >= 0.3 is 0 Å². The summed E-state index contributed by atoms with van der Waals surface area (Å²) in [5.74, 6) is 5.80. The van der Waals surface area contributed by atoms with Gasteiger partial charge in [-0.15, -0.1) is 10.2 Å². The topological polar surface area (TPSA) is 85.8 Å². The van der Waals surface area contributed by atoms with E-state index in [0.717, 1.165) is 4.68 Å². The van der Waals surface area contributed by atoms with Crippen LogP contribution in [0.2, 0.25) is 0 Å². The molecule has 0 aliphatic heterocycles. The lowest BCUT2D eigenvalue weighted by molar-refractivity contribution is 0.838. The van der Waals surface area contributed by atoms with Gasteiger partial charge in [-0.2, -0.15) is 4.68 Å². The zero-order valence-electron chi connectivity index (χ0n) is 8.71. The van der Waals surface area contributed by atoms with E-state index in [1.807, 2.05) is 18.2 Å². The highest BCUT2D eigenvalue weighted by atomic mass is 16.1. The Balaban J connectivity index is 2.61. The Hall–Kier alpha value is -2.37. The third-order valence-corrected chi connectivity index (χ3v) is 2.17. The number of nitrogen functional groups attached to an aromatic ring is 1. The number of rotatable bonds is 2. The number of aromatic nitrogens is 3. The van der Waals surface area contributed by atoms with Gasteiger partial charge in [-0.05, 0) is 0 Å². The maximum absolute atomic E-state index is 11.8. The van der Waals surface area contributed by atoms with E-state index in [4.69, 9.17) is 5.84 Å². The molecule has 0 fully saturated rings. The molecule has 0 unspecified atom stereocenters. The van der Waals surface area contributed by atoms with Crippen LogP contribution in [0.25, 0.3) is 11.3 Å². The molecular weight excluding hydrogens is 206 g/mol. The highest BCUT2D eigenvalue weighted by Gasteiger charge is 2.10. The van der Waals surface area contributed by atoms with Crippen LogP contribution in [0, 0.1) is 0 Å². The number of nitrogens with two attached hydrogens (primary N) is 1. The first-order chi connectivity index (χ1) is 7.74. The van der Waals surface area contributed by atoms with Crippen molar-refractivity contribution in [1.82, 2.24) is 14.9 Å². The number of hydrogen-bond acceptors (Lipinski definition) is 5. The quantitative estimate of drug-likeness (QED) is 0.695. The molecule has 1 aromatic carbocycles. The van der Waals surface area contributed by atoms with Gasteiger partial charge in [0.25, 0.3) is 5.56 Å². The smallest absolute Gasteiger partial charge is 0.300 e. The minimum atomic E-state index is -0.384. The van der Waals surface area contributed by atoms with Crippen molar-refractivity contribution in [3.8, 4) is 11.3 Å². The molecule has 2 rings (SSSR count). The van der Waals surface area contributed by atoms with Crippen LogP contribution >= 0.6 is 0 Å². The summed E-state index contributed by atoms with van der Waals surface area (Å²) in [7, 11) is 1.62. The zero-order valence-corrected chi connectivity index (χ0v) is 8.71. The molecule has 0 saturated heterocycles. The monoisotopic (exact) mass is 217 g/mol. The fourth-order valence-electron chi connectivity index (χ4n) is 1.35. The fourth-order valence-corrected chi connectivity index (χ4v) is 1.35. The average molecular weight is 217 g/mol. The van der Waals surface area contributed by atoms with Crippen molar-refractivity contribution >= 4 is 5.95 Å². The predicted octanol–water partition coefficient (Wildman–Crippen LogP) is 0.0608. The van der Waals surface area contributed by atoms with E-state index < -0.39 is 0 Å². The van der Waals surface area contributed by atoms with Crippen molar-refractivity contribution in [3.05, 3.63) is 40.7 Å². The second-order valence-electron chi connectivity index (χ2n) is 3.16. The summed E-state index contributed by atoms with van der Waals surface area (Å²) in [4.78, 5) is 11.8. The SMILES string of the molecule is CNc1nnc(-c2ccccc2)c(=O)n1N. The van der Waals surface area contributed by atoms with Crippen LogP contribution in [-0.2, 0) is 0 Å². The number of nitrogens with zero attached hydrogens (tertiary/aromatic N) is 3. The normalized spacial score (nSPS) is 10.1. The van der Waals surface area contributed by atoms with Gasteiger partial charge in [-0.3, -0.25) is 4.79 Å². The van der Waals surface area contributed by atoms with Crippen molar-refractivity contribution in [1.29, 1.82) is 0 Å². The molecular formula is C10H11N5O. The van der Waals surface area contributed by atoms with Crippen LogP contribution in [0.5, 0.6) is 0 Å². The molecule has 82 valence electrons. The van der Waals surface area contributed by atoms with Crippen LogP contribution in [0.15, 0.2) is 35.1 Å². The van der Waals surface area contributed by atoms with Crippen molar-refractivity contribution < 1.29 is 0 Å². The van der Waals surface area contributed by atoms with Crippen LogP contribution in [0.1, 0.15) is 0 Å². The maximum Gasteiger partial charge on any atom is 0.300 e. The van der Waals surface area contributed by atoms with Crippen molar-refractivity contribution in [2.45, 2.75) is 0 Å². The maximum atomic E-state index is 11.8. The average Bonchev–Trinajstić information content (AvgIpc) is 2.34. The first-order valence-electron chi connectivity index (χ1n) is 4.72. The Kier molecular flexibility index (Phi) is 2.55. The predicted molar refractivity (Wildman–Crippen MR) is 61.4 cm³/mol. The molecule has 0 spiro atoms. The highest BCUT2D eigenvalue weighted by Crippen LogP contribution is 2.11. The molecule has 6 nitrogen and oxygen atoms in total. The van der Waals surface area contributed by atoms with Gasteiger partial charge in [0.2, 0.25) is 5.95 Å². The summed E-state index contributed by atoms with van der Waals surface area (Å²) in [6, 6.07) is 9.07. The number of benzene rings is 1. The Labute approximate surface area is 91.7 Å². The minimum Gasteiger partial charge on any atom is -0.356 e. The van der Waals surface area contributed by atoms with E-state index in [1.54, 1.807) is 19.2 Å². The van der Waals surface area contributed by atoms with Crippen LogP contribution in [0.4, 0.5) is 5.95 Å². The van der Waals surface area contributed by atoms with Gasteiger partial charge in [-0.1, -0.05) is 30.3 Å². The molecule has 0 saturated carbocycles. The van der Waals surface area contributed by atoms with E-state index in [9.17, 15) is 4.79 Å². The standard InChI is InChI=1S/C10H11N5O/c1-12-10-14-13-8(9(16)15(10)11)7-5-3-2-4-6-7/h2-6H,11H2,1H3,(H,12,14). The largest absolute Gasteiger partial charge is 0.356 e. The number of anilines is 1. The van der Waals surface area contributed by atoms with E-state index in [-0.39, 0.29) is 17.2 Å². The fraction of sp³-hybridized carbons (Fsp3) is 0.100. The molecule has 3 N–H and O–H groups in total. The highest BCUT2D eigenvalue weighted by molar-refractivity contribution is 5.57. The molecule has 1 heterocycles. The summed E-state index contributed by atoms with van der Waals surface area (Å²) < 4.78 is 0.940. The molecule has 0 aliphatic rings. The molecule has 0 aliphatic carbocycles. The number of hydrogen-bond donors (Lipinski definition) is 2. The van der Waals surface area contributed by atoms with E-state index >= 15 is 0 Å². The summed E-state index contributed by atoms with van der Waals surface area (Å²) >= 11 is 0. The van der Waals surface area contributed by atoms with Gasteiger partial charge in [0, 0.05) is 12.6 Å². The van der Waals surface area contributed by atoms with Crippen molar-refractivity contribution in [3.63, 3.8) is 0 Å². The molecule has 0 radical (unpaired) electrons. The van der Waals surface area contributed by atoms with Crippen molar-refractivity contribution in [2.75, 3.05) is 18.2 Å². The molecule has 16 heavy (non-hydrogen) atoms. The second-order valence-corrected chi connectivity index (χ2v) is 3.16. The van der Waals surface area contributed by atoms with Gasteiger partial charge in [0.05, 0.1) is 0 Å². The molecule has 0 bridgehead atoms. The molecule has 6 heteroatoms. The lowest BCUT2D eigenvalue weighted by atomic mass is 10.2. The van der Waals surface area contributed by atoms with Crippen molar-refractivity contribution in [2.24, 2.45) is 0 Å². The number of nitrogens with one attached hydrogen (secondary N) is 1. The Bertz CT molecular complexity index is 549. The Morgan fingerprint density at radius 3 is 2.56 bits per heavy atom. The van der Waals surface area contributed by atoms with Gasteiger partial charge in [-0.25, -0.2) is 0 Å². The minimum absolute atomic E-state index is 0.227.